The van der Waals surface area contributed by atoms with Crippen LogP contribution in [0.5, 0.6) is 11.5 Å². The number of nitrogens with zero attached hydrogens (tertiary/aromatic N) is 1. The SMILES string of the molecule is COc1ccc(S(=O)(=O)NC(C)c2ccccc2OC)cc1C(=O)N1CCCC1. The maximum absolute atomic E-state index is 13.0. The van der Waals surface area contributed by atoms with Crippen LogP contribution in [0.2, 0.25) is 0 Å². The molecule has 1 saturated heterocycles. The number of hydrogen-bond acceptors (Lipinski definition) is 5. The zero-order chi connectivity index (χ0) is 21.0. The number of carbonyl (C=O) groups is 1. The summed E-state index contributed by atoms with van der Waals surface area (Å²) in [6, 6.07) is 11.1. The van der Waals surface area contributed by atoms with E-state index in [1.54, 1.807) is 25.0 Å². The first-order chi connectivity index (χ1) is 13.9. The number of para-hydroxylation sites is 1. The van der Waals surface area contributed by atoms with Crippen molar-refractivity contribution in [1.82, 2.24) is 9.62 Å². The zero-order valence-electron chi connectivity index (χ0n) is 16.8. The summed E-state index contributed by atoms with van der Waals surface area (Å²) in [4.78, 5) is 14.6. The van der Waals surface area contributed by atoms with E-state index in [1.165, 1.54) is 25.3 Å². The normalized spacial score (nSPS) is 15.2. The highest BCUT2D eigenvalue weighted by Gasteiger charge is 2.26. The van der Waals surface area contributed by atoms with Gasteiger partial charge < -0.3 is 14.4 Å². The molecule has 3 rings (SSSR count). The minimum atomic E-state index is -3.87. The second kappa shape index (κ2) is 8.84. The van der Waals surface area contributed by atoms with Crippen LogP contribution in [0.4, 0.5) is 0 Å². The summed E-state index contributed by atoms with van der Waals surface area (Å²) in [5.74, 6) is 0.745. The molecule has 2 aromatic carbocycles. The van der Waals surface area contributed by atoms with Crippen molar-refractivity contribution in [3.05, 3.63) is 53.6 Å². The third-order valence-electron chi connectivity index (χ3n) is 5.04. The zero-order valence-corrected chi connectivity index (χ0v) is 17.7. The largest absolute Gasteiger partial charge is 0.496 e. The fraction of sp³-hybridized carbons (Fsp3) is 0.381. The first-order valence-electron chi connectivity index (χ1n) is 9.50. The number of benzene rings is 2. The first-order valence-corrected chi connectivity index (χ1v) is 11.0. The van der Waals surface area contributed by atoms with Crippen LogP contribution in [0.25, 0.3) is 0 Å². The van der Waals surface area contributed by atoms with Gasteiger partial charge in [-0.05, 0) is 44.0 Å². The van der Waals surface area contributed by atoms with Crippen molar-refractivity contribution in [3.8, 4) is 11.5 Å². The number of methoxy groups -OCH3 is 2. The van der Waals surface area contributed by atoms with E-state index >= 15 is 0 Å². The van der Waals surface area contributed by atoms with Crippen LogP contribution in [0, 0.1) is 0 Å². The highest BCUT2D eigenvalue weighted by atomic mass is 32.2. The van der Waals surface area contributed by atoms with Crippen molar-refractivity contribution in [1.29, 1.82) is 0 Å². The predicted molar refractivity (Wildman–Crippen MR) is 110 cm³/mol. The van der Waals surface area contributed by atoms with Crippen LogP contribution in [0.1, 0.15) is 41.7 Å². The molecule has 7 nitrogen and oxygen atoms in total. The summed E-state index contributed by atoms with van der Waals surface area (Å²) >= 11 is 0. The van der Waals surface area contributed by atoms with Gasteiger partial charge in [0.1, 0.15) is 11.5 Å². The van der Waals surface area contributed by atoms with Gasteiger partial charge in [-0.1, -0.05) is 18.2 Å². The molecule has 0 radical (unpaired) electrons. The molecule has 0 saturated carbocycles. The van der Waals surface area contributed by atoms with Crippen molar-refractivity contribution < 1.29 is 22.7 Å². The Bertz CT molecular complexity index is 984. The van der Waals surface area contributed by atoms with Crippen LogP contribution in [0.3, 0.4) is 0 Å². The monoisotopic (exact) mass is 418 g/mol. The van der Waals surface area contributed by atoms with Gasteiger partial charge in [0, 0.05) is 24.7 Å². The molecule has 156 valence electrons. The van der Waals surface area contributed by atoms with Crippen molar-refractivity contribution in [2.24, 2.45) is 0 Å². The van der Waals surface area contributed by atoms with Crippen LogP contribution in [-0.2, 0) is 10.0 Å². The maximum Gasteiger partial charge on any atom is 0.257 e. The summed E-state index contributed by atoms with van der Waals surface area (Å²) in [5, 5.41) is 0. The maximum atomic E-state index is 13.0. The Hall–Kier alpha value is -2.58. The van der Waals surface area contributed by atoms with Gasteiger partial charge in [-0.15, -0.1) is 0 Å². The van der Waals surface area contributed by atoms with Gasteiger partial charge in [0.25, 0.3) is 5.91 Å². The Labute approximate surface area is 171 Å². The summed E-state index contributed by atoms with van der Waals surface area (Å²) < 4.78 is 39.3. The molecule has 1 N–H and O–H groups in total. The third-order valence-corrected chi connectivity index (χ3v) is 6.58. The second-order valence-corrected chi connectivity index (χ2v) is 8.66. The topological polar surface area (TPSA) is 84.9 Å². The minimum Gasteiger partial charge on any atom is -0.496 e. The molecular weight excluding hydrogens is 392 g/mol. The summed E-state index contributed by atoms with van der Waals surface area (Å²) in [5.41, 5.74) is 0.975. The molecule has 1 unspecified atom stereocenters. The highest BCUT2D eigenvalue weighted by molar-refractivity contribution is 7.89. The van der Waals surface area contributed by atoms with E-state index in [0.717, 1.165) is 18.4 Å². The van der Waals surface area contributed by atoms with E-state index in [0.29, 0.717) is 24.6 Å². The van der Waals surface area contributed by atoms with E-state index in [1.807, 2.05) is 18.2 Å². The number of likely N-dealkylation sites (tertiary alicyclic amines) is 1. The Morgan fingerprint density at radius 2 is 1.69 bits per heavy atom. The lowest BCUT2D eigenvalue weighted by Crippen LogP contribution is -2.29. The third kappa shape index (κ3) is 4.54. The molecule has 1 aliphatic heterocycles. The van der Waals surface area contributed by atoms with Crippen molar-refractivity contribution in [2.45, 2.75) is 30.7 Å². The van der Waals surface area contributed by atoms with Crippen molar-refractivity contribution in [3.63, 3.8) is 0 Å². The van der Waals surface area contributed by atoms with E-state index in [2.05, 4.69) is 4.72 Å². The predicted octanol–water partition coefficient (Wildman–Crippen LogP) is 2.98. The number of sulfonamides is 1. The molecule has 1 aliphatic rings. The molecule has 1 heterocycles. The number of carbonyl (C=O) groups excluding carboxylic acids is 1. The van der Waals surface area contributed by atoms with Crippen LogP contribution >= 0.6 is 0 Å². The smallest absolute Gasteiger partial charge is 0.257 e. The Morgan fingerprint density at radius 1 is 1.03 bits per heavy atom. The van der Waals surface area contributed by atoms with Gasteiger partial charge >= 0.3 is 0 Å². The lowest BCUT2D eigenvalue weighted by Gasteiger charge is -2.19. The van der Waals surface area contributed by atoms with E-state index in [9.17, 15) is 13.2 Å². The Balaban J connectivity index is 1.90. The fourth-order valence-electron chi connectivity index (χ4n) is 3.50. The number of rotatable bonds is 7. The van der Waals surface area contributed by atoms with E-state index < -0.39 is 16.1 Å². The molecular formula is C21H26N2O5S. The van der Waals surface area contributed by atoms with Gasteiger partial charge in [-0.25, -0.2) is 13.1 Å². The summed E-state index contributed by atoms with van der Waals surface area (Å²) in [7, 11) is -0.863. The van der Waals surface area contributed by atoms with Gasteiger partial charge in [0.15, 0.2) is 0 Å². The number of ether oxygens (including phenoxy) is 2. The van der Waals surface area contributed by atoms with Gasteiger partial charge in [-0.2, -0.15) is 0 Å². The molecule has 0 spiro atoms. The standard InChI is InChI=1S/C21H26N2O5S/c1-15(17-8-4-5-9-19(17)27-2)22-29(25,26)16-10-11-20(28-3)18(14-16)21(24)23-12-6-7-13-23/h4-5,8-11,14-15,22H,6-7,12-13H2,1-3H3. The van der Waals surface area contributed by atoms with Gasteiger partial charge in [-0.3, -0.25) is 4.79 Å². The second-order valence-electron chi connectivity index (χ2n) is 6.95. The van der Waals surface area contributed by atoms with Crippen LogP contribution < -0.4 is 14.2 Å². The molecule has 0 aromatic heterocycles. The van der Waals surface area contributed by atoms with Crippen LogP contribution in [-0.4, -0.2) is 46.5 Å². The average Bonchev–Trinajstić information content (AvgIpc) is 3.27. The van der Waals surface area contributed by atoms with Gasteiger partial charge in [0.05, 0.1) is 24.7 Å². The molecule has 1 amide bonds. The minimum absolute atomic E-state index is 0.0163. The number of amides is 1. The molecule has 2 aromatic rings. The lowest BCUT2D eigenvalue weighted by atomic mass is 10.1. The molecule has 8 heteroatoms. The average molecular weight is 419 g/mol. The number of hydrogen-bond donors (Lipinski definition) is 1. The summed E-state index contributed by atoms with van der Waals surface area (Å²) in [6.07, 6.45) is 1.90. The molecule has 0 aliphatic carbocycles. The molecule has 1 fully saturated rings. The Kier molecular flexibility index (Phi) is 6.44. The Morgan fingerprint density at radius 3 is 2.34 bits per heavy atom. The molecule has 29 heavy (non-hydrogen) atoms. The quantitative estimate of drug-likeness (QED) is 0.747. The molecule has 1 atom stereocenters. The molecule has 0 bridgehead atoms. The van der Waals surface area contributed by atoms with Gasteiger partial charge in [0.2, 0.25) is 10.0 Å². The van der Waals surface area contributed by atoms with Crippen molar-refractivity contribution >= 4 is 15.9 Å². The lowest BCUT2D eigenvalue weighted by molar-refractivity contribution is 0.0789. The van der Waals surface area contributed by atoms with Crippen molar-refractivity contribution in [2.75, 3.05) is 27.3 Å². The fourth-order valence-corrected chi connectivity index (χ4v) is 4.75. The number of nitrogens with one attached hydrogen (secondary N) is 1. The highest BCUT2D eigenvalue weighted by Crippen LogP contribution is 2.28. The van der Waals surface area contributed by atoms with E-state index in [4.69, 9.17) is 9.47 Å². The van der Waals surface area contributed by atoms with Crippen LogP contribution in [0.15, 0.2) is 47.4 Å². The summed E-state index contributed by atoms with van der Waals surface area (Å²) in [6.45, 7) is 3.08. The first kappa shape index (κ1) is 21.1. The van der Waals surface area contributed by atoms with E-state index in [-0.39, 0.29) is 16.4 Å².